The highest BCUT2D eigenvalue weighted by molar-refractivity contribution is 9.10. The summed E-state index contributed by atoms with van der Waals surface area (Å²) in [4.78, 5) is 3.52. The minimum Gasteiger partial charge on any atom is -0.390 e. The van der Waals surface area contributed by atoms with Gasteiger partial charge in [-0.1, -0.05) is 11.6 Å². The van der Waals surface area contributed by atoms with Gasteiger partial charge in [-0.25, -0.2) is 13.8 Å². The van der Waals surface area contributed by atoms with Crippen LogP contribution in [0.5, 0.6) is 0 Å². The van der Waals surface area contributed by atoms with Gasteiger partial charge in [0.05, 0.1) is 21.8 Å². The number of aliphatic hydroxyl groups is 1. The van der Waals surface area contributed by atoms with Crippen molar-refractivity contribution >= 4 is 27.5 Å². The Hall–Kier alpha value is -0.260. The Kier molecular flexibility index (Phi) is 3.58. The first-order valence-electron chi connectivity index (χ1n) is 3.30. The molecule has 1 aromatic heterocycles. The van der Waals surface area contributed by atoms with Crippen molar-refractivity contribution in [3.8, 4) is 0 Å². The van der Waals surface area contributed by atoms with Crippen molar-refractivity contribution in [1.29, 1.82) is 0 Å². The van der Waals surface area contributed by atoms with E-state index in [-0.39, 0.29) is 10.7 Å². The number of hydrogen-bond donors (Lipinski definition) is 1. The van der Waals surface area contributed by atoms with E-state index >= 15 is 0 Å². The number of rotatable bonds is 2. The third kappa shape index (κ3) is 2.36. The molecule has 0 bridgehead atoms. The van der Waals surface area contributed by atoms with Crippen LogP contribution in [0.15, 0.2) is 10.5 Å². The summed E-state index contributed by atoms with van der Waals surface area (Å²) in [5.41, 5.74) is -0.319. The van der Waals surface area contributed by atoms with Crippen LogP contribution < -0.4 is 0 Å². The maximum Gasteiger partial charge on any atom is 0.280 e. The molecule has 0 spiro atoms. The highest BCUT2D eigenvalue weighted by Gasteiger charge is 2.14. The van der Waals surface area contributed by atoms with Crippen molar-refractivity contribution in [3.05, 3.63) is 26.9 Å². The van der Waals surface area contributed by atoms with Gasteiger partial charge in [0.1, 0.15) is 5.69 Å². The molecule has 0 saturated heterocycles. The normalized spacial score (nSPS) is 10.9. The van der Waals surface area contributed by atoms with E-state index in [1.54, 1.807) is 0 Å². The lowest BCUT2D eigenvalue weighted by Gasteiger charge is -2.05. The molecular weight excluding hydrogens is 267 g/mol. The first kappa shape index (κ1) is 10.8. The van der Waals surface area contributed by atoms with Crippen LogP contribution in [-0.2, 0) is 6.61 Å². The van der Waals surface area contributed by atoms with Crippen molar-refractivity contribution in [2.45, 2.75) is 13.0 Å². The van der Waals surface area contributed by atoms with Gasteiger partial charge in [0.15, 0.2) is 0 Å². The van der Waals surface area contributed by atoms with Crippen molar-refractivity contribution in [1.82, 2.24) is 4.98 Å². The molecule has 2 nitrogen and oxygen atoms in total. The van der Waals surface area contributed by atoms with Crippen molar-refractivity contribution in [2.24, 2.45) is 0 Å². The van der Waals surface area contributed by atoms with E-state index in [0.29, 0.717) is 4.47 Å². The minimum atomic E-state index is -2.68. The SMILES string of the molecule is OCc1nc(C(F)F)cc(Cl)c1Br. The summed E-state index contributed by atoms with van der Waals surface area (Å²) in [6.07, 6.45) is -2.68. The average molecular weight is 272 g/mol. The van der Waals surface area contributed by atoms with Gasteiger partial charge in [-0.05, 0) is 22.0 Å². The molecule has 0 amide bonds. The molecule has 0 radical (unpaired) electrons. The molecule has 0 aliphatic rings. The second-order valence-electron chi connectivity index (χ2n) is 2.25. The molecule has 1 heterocycles. The van der Waals surface area contributed by atoms with Crippen LogP contribution in [0.3, 0.4) is 0 Å². The van der Waals surface area contributed by atoms with Gasteiger partial charge in [0, 0.05) is 0 Å². The van der Waals surface area contributed by atoms with Crippen LogP contribution in [0.1, 0.15) is 17.8 Å². The van der Waals surface area contributed by atoms with Gasteiger partial charge < -0.3 is 5.11 Å². The van der Waals surface area contributed by atoms with E-state index in [1.807, 2.05) is 0 Å². The molecule has 72 valence electrons. The van der Waals surface area contributed by atoms with E-state index in [2.05, 4.69) is 20.9 Å². The lowest BCUT2D eigenvalue weighted by molar-refractivity contribution is 0.145. The summed E-state index contributed by atoms with van der Waals surface area (Å²) in [5, 5.41) is 8.87. The van der Waals surface area contributed by atoms with Crippen LogP contribution in [0.2, 0.25) is 5.02 Å². The fourth-order valence-corrected chi connectivity index (χ4v) is 1.33. The molecule has 0 aliphatic heterocycles. The summed E-state index contributed by atoms with van der Waals surface area (Å²) in [6.45, 7) is -0.430. The summed E-state index contributed by atoms with van der Waals surface area (Å²) < 4.78 is 24.7. The highest BCUT2D eigenvalue weighted by atomic mass is 79.9. The van der Waals surface area contributed by atoms with E-state index in [1.165, 1.54) is 0 Å². The van der Waals surface area contributed by atoms with Crippen molar-refractivity contribution in [3.63, 3.8) is 0 Å². The predicted octanol–water partition coefficient (Wildman–Crippen LogP) is 2.93. The minimum absolute atomic E-state index is 0.114. The Morgan fingerprint density at radius 3 is 2.69 bits per heavy atom. The van der Waals surface area contributed by atoms with E-state index in [9.17, 15) is 8.78 Å². The summed E-state index contributed by atoms with van der Waals surface area (Å²) in [5.74, 6) is 0. The molecule has 0 aliphatic carbocycles. The maximum atomic E-state index is 12.2. The van der Waals surface area contributed by atoms with Crippen molar-refractivity contribution in [2.75, 3.05) is 0 Å². The molecule has 0 saturated carbocycles. The fourth-order valence-electron chi connectivity index (χ4n) is 0.785. The van der Waals surface area contributed by atoms with Crippen LogP contribution in [0.25, 0.3) is 0 Å². The number of halogens is 4. The molecule has 1 N–H and O–H groups in total. The third-order valence-corrected chi connectivity index (χ3v) is 2.79. The Bertz CT molecular complexity index is 322. The lowest BCUT2D eigenvalue weighted by atomic mass is 10.3. The molecule has 0 unspecified atom stereocenters. The number of pyridine rings is 1. The van der Waals surface area contributed by atoms with Crippen LogP contribution in [-0.4, -0.2) is 10.1 Å². The molecule has 13 heavy (non-hydrogen) atoms. The molecule has 1 rings (SSSR count). The third-order valence-electron chi connectivity index (χ3n) is 1.38. The first-order valence-corrected chi connectivity index (χ1v) is 4.47. The Morgan fingerprint density at radius 2 is 2.23 bits per heavy atom. The summed E-state index contributed by atoms with van der Waals surface area (Å²) in [6, 6.07) is 1.06. The van der Waals surface area contributed by atoms with Gasteiger partial charge >= 0.3 is 0 Å². The van der Waals surface area contributed by atoms with Crippen LogP contribution >= 0.6 is 27.5 Å². The van der Waals surface area contributed by atoms with E-state index in [4.69, 9.17) is 16.7 Å². The van der Waals surface area contributed by atoms with Gasteiger partial charge in [0.2, 0.25) is 0 Å². The van der Waals surface area contributed by atoms with Crippen LogP contribution in [0, 0.1) is 0 Å². The zero-order chi connectivity index (χ0) is 10.0. The van der Waals surface area contributed by atoms with Gasteiger partial charge in [-0.2, -0.15) is 0 Å². The number of aliphatic hydroxyl groups excluding tert-OH is 1. The quantitative estimate of drug-likeness (QED) is 0.898. The average Bonchev–Trinajstić information content (AvgIpc) is 2.09. The highest BCUT2D eigenvalue weighted by Crippen LogP contribution is 2.29. The molecule has 6 heteroatoms. The molecule has 1 aromatic rings. The van der Waals surface area contributed by atoms with Gasteiger partial charge in [-0.15, -0.1) is 0 Å². The number of alkyl halides is 2. The lowest BCUT2D eigenvalue weighted by Crippen LogP contribution is -1.98. The van der Waals surface area contributed by atoms with Gasteiger partial charge in [-0.3, -0.25) is 0 Å². The number of hydrogen-bond acceptors (Lipinski definition) is 2. The van der Waals surface area contributed by atoms with E-state index < -0.39 is 18.7 Å². The van der Waals surface area contributed by atoms with E-state index in [0.717, 1.165) is 6.07 Å². The second-order valence-corrected chi connectivity index (χ2v) is 3.45. The summed E-state index contributed by atoms with van der Waals surface area (Å²) in [7, 11) is 0. The van der Waals surface area contributed by atoms with Gasteiger partial charge in [0.25, 0.3) is 6.43 Å². The molecule has 0 fully saturated rings. The predicted molar refractivity (Wildman–Crippen MR) is 47.8 cm³/mol. The molecule has 0 aromatic carbocycles. The van der Waals surface area contributed by atoms with Crippen molar-refractivity contribution < 1.29 is 13.9 Å². The largest absolute Gasteiger partial charge is 0.390 e. The second kappa shape index (κ2) is 4.30. The maximum absolute atomic E-state index is 12.2. The number of aromatic nitrogens is 1. The monoisotopic (exact) mass is 271 g/mol. The first-order chi connectivity index (χ1) is 6.06. The summed E-state index contributed by atoms with van der Waals surface area (Å²) >= 11 is 8.63. The fraction of sp³-hybridized carbons (Fsp3) is 0.286. The smallest absolute Gasteiger partial charge is 0.280 e. The molecular formula is C7H5BrClF2NO. The molecule has 0 atom stereocenters. The standard InChI is InChI=1S/C7H5BrClF2NO/c8-6-3(9)1-4(7(10)11)12-5(6)2-13/h1,7,13H,2H2. The zero-order valence-corrected chi connectivity index (χ0v) is 8.61. The Labute approximate surface area is 86.7 Å². The number of nitrogens with zero attached hydrogens (tertiary/aromatic N) is 1. The topological polar surface area (TPSA) is 33.1 Å². The Morgan fingerprint density at radius 1 is 1.62 bits per heavy atom. The zero-order valence-electron chi connectivity index (χ0n) is 6.27. The van der Waals surface area contributed by atoms with Crippen LogP contribution in [0.4, 0.5) is 8.78 Å². The Balaban J connectivity index is 3.22.